The van der Waals surface area contributed by atoms with Crippen molar-refractivity contribution in [3.05, 3.63) is 0 Å². The van der Waals surface area contributed by atoms with Crippen LogP contribution < -0.4 is 5.73 Å². The molecule has 0 aromatic carbocycles. The summed E-state index contributed by atoms with van der Waals surface area (Å²) in [5.41, 5.74) is 6.49. The molecule has 2 nitrogen and oxygen atoms in total. The molecule has 0 radical (unpaired) electrons. The minimum absolute atomic E-state index is 0.275. The lowest BCUT2D eigenvalue weighted by Crippen LogP contribution is -2.65. The van der Waals surface area contributed by atoms with Gasteiger partial charge < -0.3 is 5.73 Å². The minimum Gasteiger partial charge on any atom is -0.329 e. The Labute approximate surface area is 111 Å². The summed E-state index contributed by atoms with van der Waals surface area (Å²) in [5, 5.41) is 0.689. The van der Waals surface area contributed by atoms with Crippen molar-refractivity contribution in [2.75, 3.05) is 18.8 Å². The third-order valence-electron chi connectivity index (χ3n) is 5.18. The van der Waals surface area contributed by atoms with Gasteiger partial charge in [0.2, 0.25) is 0 Å². The molecule has 3 heteroatoms. The summed E-state index contributed by atoms with van der Waals surface area (Å²) in [4.78, 5) is 2.76. The van der Waals surface area contributed by atoms with Gasteiger partial charge in [-0.1, -0.05) is 13.8 Å². The lowest BCUT2D eigenvalue weighted by Gasteiger charge is -2.55. The molecule has 0 spiro atoms. The second-order valence-electron chi connectivity index (χ2n) is 5.98. The van der Waals surface area contributed by atoms with E-state index < -0.39 is 0 Å². The highest BCUT2D eigenvalue weighted by atomic mass is 32.2. The van der Waals surface area contributed by atoms with Crippen LogP contribution in [0.4, 0.5) is 0 Å². The molecule has 4 unspecified atom stereocenters. The van der Waals surface area contributed by atoms with Crippen molar-refractivity contribution < 1.29 is 0 Å². The second kappa shape index (κ2) is 5.50. The van der Waals surface area contributed by atoms with Crippen molar-refractivity contribution >= 4 is 11.8 Å². The first-order valence-electron chi connectivity index (χ1n) is 7.20. The van der Waals surface area contributed by atoms with Crippen LogP contribution in [0.3, 0.4) is 0 Å². The minimum atomic E-state index is 0.275. The molecule has 2 rings (SSSR count). The monoisotopic (exact) mass is 256 g/mol. The smallest absolute Gasteiger partial charge is 0.0450 e. The molecule has 2 heterocycles. The molecule has 2 saturated heterocycles. The quantitative estimate of drug-likeness (QED) is 0.824. The Morgan fingerprint density at radius 1 is 1.29 bits per heavy atom. The van der Waals surface area contributed by atoms with Gasteiger partial charge in [0.25, 0.3) is 0 Å². The summed E-state index contributed by atoms with van der Waals surface area (Å²) < 4.78 is 0. The van der Waals surface area contributed by atoms with Gasteiger partial charge in [-0.3, -0.25) is 4.90 Å². The number of nitrogens with zero attached hydrogens (tertiary/aromatic N) is 1. The van der Waals surface area contributed by atoms with Crippen LogP contribution in [-0.4, -0.2) is 40.6 Å². The Morgan fingerprint density at radius 2 is 2.06 bits per heavy atom. The fourth-order valence-electron chi connectivity index (χ4n) is 3.72. The molecule has 100 valence electrons. The summed E-state index contributed by atoms with van der Waals surface area (Å²) >= 11 is 2.12. The molecule has 2 fully saturated rings. The van der Waals surface area contributed by atoms with Crippen molar-refractivity contribution in [1.82, 2.24) is 4.90 Å². The van der Waals surface area contributed by atoms with E-state index in [0.29, 0.717) is 11.3 Å². The zero-order valence-electron chi connectivity index (χ0n) is 11.6. The standard InChI is InChI=1S/C14H28N2S/c1-11-6-4-8-16(12(11)2)14(10-15)7-5-9-17-13(14)3/h11-13H,4-10,15H2,1-3H3. The predicted molar refractivity (Wildman–Crippen MR) is 77.5 cm³/mol. The predicted octanol–water partition coefficient (Wildman–Crippen LogP) is 2.72. The molecule has 0 aromatic rings. The van der Waals surface area contributed by atoms with Gasteiger partial charge >= 0.3 is 0 Å². The normalized spacial score (nSPS) is 44.8. The Kier molecular flexibility index (Phi) is 4.43. The third kappa shape index (κ3) is 2.39. The number of hydrogen-bond acceptors (Lipinski definition) is 3. The molecule has 2 aliphatic heterocycles. The van der Waals surface area contributed by atoms with Gasteiger partial charge in [-0.05, 0) is 50.8 Å². The fourth-order valence-corrected chi connectivity index (χ4v) is 5.05. The lowest BCUT2D eigenvalue weighted by atomic mass is 9.81. The molecule has 0 aromatic heterocycles. The van der Waals surface area contributed by atoms with E-state index in [0.717, 1.165) is 12.5 Å². The first kappa shape index (κ1) is 13.7. The van der Waals surface area contributed by atoms with Crippen LogP contribution in [-0.2, 0) is 0 Å². The Hall–Kier alpha value is 0.270. The van der Waals surface area contributed by atoms with Crippen LogP contribution in [0.2, 0.25) is 0 Å². The Bertz CT molecular complexity index is 259. The lowest BCUT2D eigenvalue weighted by molar-refractivity contribution is -0.00227. The van der Waals surface area contributed by atoms with Gasteiger partial charge in [-0.2, -0.15) is 11.8 Å². The maximum Gasteiger partial charge on any atom is 0.0450 e. The van der Waals surface area contributed by atoms with Crippen molar-refractivity contribution in [1.29, 1.82) is 0 Å². The van der Waals surface area contributed by atoms with E-state index in [1.165, 1.54) is 38.0 Å². The van der Waals surface area contributed by atoms with Crippen molar-refractivity contribution in [2.45, 2.75) is 63.3 Å². The third-order valence-corrected chi connectivity index (χ3v) is 6.64. The number of hydrogen-bond donors (Lipinski definition) is 1. The van der Waals surface area contributed by atoms with E-state index in [2.05, 4.69) is 37.4 Å². The van der Waals surface area contributed by atoms with E-state index in [4.69, 9.17) is 5.73 Å². The summed E-state index contributed by atoms with van der Waals surface area (Å²) in [7, 11) is 0. The van der Waals surface area contributed by atoms with Gasteiger partial charge in [0, 0.05) is 23.4 Å². The average molecular weight is 256 g/mol. The zero-order valence-corrected chi connectivity index (χ0v) is 12.4. The molecule has 0 amide bonds. The zero-order chi connectivity index (χ0) is 12.5. The Morgan fingerprint density at radius 3 is 2.71 bits per heavy atom. The summed E-state index contributed by atoms with van der Waals surface area (Å²) in [6.45, 7) is 9.30. The molecule has 4 atom stereocenters. The van der Waals surface area contributed by atoms with E-state index in [9.17, 15) is 0 Å². The number of rotatable bonds is 2. The van der Waals surface area contributed by atoms with Gasteiger partial charge in [-0.25, -0.2) is 0 Å². The highest BCUT2D eigenvalue weighted by Gasteiger charge is 2.46. The van der Waals surface area contributed by atoms with Crippen LogP contribution >= 0.6 is 11.8 Å². The highest BCUT2D eigenvalue weighted by Crippen LogP contribution is 2.41. The number of likely N-dealkylation sites (tertiary alicyclic amines) is 1. The maximum absolute atomic E-state index is 6.21. The second-order valence-corrected chi connectivity index (χ2v) is 7.43. The molecule has 0 saturated carbocycles. The van der Waals surface area contributed by atoms with Gasteiger partial charge in [0.05, 0.1) is 0 Å². The molecule has 0 aliphatic carbocycles. The fraction of sp³-hybridized carbons (Fsp3) is 1.00. The van der Waals surface area contributed by atoms with Crippen LogP contribution in [0.15, 0.2) is 0 Å². The van der Waals surface area contributed by atoms with Crippen LogP contribution in [0.1, 0.15) is 46.5 Å². The Balaban J connectivity index is 2.20. The topological polar surface area (TPSA) is 29.3 Å². The van der Waals surface area contributed by atoms with E-state index >= 15 is 0 Å². The van der Waals surface area contributed by atoms with E-state index in [-0.39, 0.29) is 5.54 Å². The van der Waals surface area contributed by atoms with Crippen LogP contribution in [0.5, 0.6) is 0 Å². The van der Waals surface area contributed by atoms with Crippen molar-refractivity contribution in [3.63, 3.8) is 0 Å². The van der Waals surface area contributed by atoms with E-state index in [1.54, 1.807) is 0 Å². The molecule has 17 heavy (non-hydrogen) atoms. The summed E-state index contributed by atoms with van der Waals surface area (Å²) in [6, 6.07) is 0.702. The molecular formula is C14H28N2S. The van der Waals surface area contributed by atoms with Crippen molar-refractivity contribution in [2.24, 2.45) is 11.7 Å². The van der Waals surface area contributed by atoms with Crippen LogP contribution in [0.25, 0.3) is 0 Å². The van der Waals surface area contributed by atoms with Gasteiger partial charge in [0.1, 0.15) is 0 Å². The van der Waals surface area contributed by atoms with Gasteiger partial charge in [0.15, 0.2) is 0 Å². The number of piperidine rings is 1. The average Bonchev–Trinajstić information content (AvgIpc) is 2.34. The number of thioether (sulfide) groups is 1. The number of nitrogens with two attached hydrogens (primary N) is 1. The first-order chi connectivity index (χ1) is 8.12. The maximum atomic E-state index is 6.21. The first-order valence-corrected chi connectivity index (χ1v) is 8.25. The largest absolute Gasteiger partial charge is 0.329 e. The highest BCUT2D eigenvalue weighted by molar-refractivity contribution is 8.00. The molecule has 2 N–H and O–H groups in total. The van der Waals surface area contributed by atoms with Gasteiger partial charge in [-0.15, -0.1) is 0 Å². The SMILES string of the molecule is CC1CCCN(C2(CN)CCCSC2C)C1C. The van der Waals surface area contributed by atoms with Crippen molar-refractivity contribution in [3.8, 4) is 0 Å². The van der Waals surface area contributed by atoms with Crippen LogP contribution in [0, 0.1) is 5.92 Å². The molecule has 2 aliphatic rings. The van der Waals surface area contributed by atoms with E-state index in [1.807, 2.05) is 0 Å². The molecule has 0 bridgehead atoms. The molecular weight excluding hydrogens is 228 g/mol. The summed E-state index contributed by atoms with van der Waals surface area (Å²) in [5.74, 6) is 2.15. The summed E-state index contributed by atoms with van der Waals surface area (Å²) in [6.07, 6.45) is 5.38.